The quantitative estimate of drug-likeness (QED) is 0.861. The Hall–Kier alpha value is -2.23. The van der Waals surface area contributed by atoms with E-state index in [-0.39, 0.29) is 17.8 Å². The van der Waals surface area contributed by atoms with Gasteiger partial charge in [0.1, 0.15) is 5.82 Å². The second kappa shape index (κ2) is 7.36. The van der Waals surface area contributed by atoms with Crippen LogP contribution < -0.4 is 0 Å². The average molecular weight is 312 g/mol. The molecule has 1 aromatic carbocycles. The van der Waals surface area contributed by atoms with E-state index in [1.807, 2.05) is 23.1 Å². The summed E-state index contributed by atoms with van der Waals surface area (Å²) >= 11 is 0. The fraction of sp³-hybridized carbons (Fsp3) is 0.368. The smallest absolute Gasteiger partial charge is 0.227 e. The minimum atomic E-state index is -0.244. The molecule has 1 aromatic heterocycles. The number of carbonyl (C=O) groups excluding carboxylic acids is 1. The number of aromatic nitrogens is 1. The molecule has 0 aliphatic carbocycles. The summed E-state index contributed by atoms with van der Waals surface area (Å²) in [5.74, 6) is -0.152. The summed E-state index contributed by atoms with van der Waals surface area (Å²) in [6, 6.07) is 10.4. The fourth-order valence-electron chi connectivity index (χ4n) is 3.25. The molecule has 0 radical (unpaired) electrons. The molecule has 4 heteroatoms. The van der Waals surface area contributed by atoms with Gasteiger partial charge in [0.05, 0.1) is 12.5 Å². The molecule has 1 fully saturated rings. The molecule has 1 aliphatic rings. The first kappa shape index (κ1) is 15.7. The zero-order valence-electron chi connectivity index (χ0n) is 13.1. The molecule has 0 N–H and O–H groups in total. The Labute approximate surface area is 136 Å². The molecule has 1 unspecified atom stereocenters. The summed E-state index contributed by atoms with van der Waals surface area (Å²) in [5, 5.41) is 0. The number of hydrogen-bond acceptors (Lipinski definition) is 2. The van der Waals surface area contributed by atoms with Crippen LogP contribution in [-0.4, -0.2) is 22.3 Å². The highest BCUT2D eigenvalue weighted by Gasteiger charge is 2.26. The van der Waals surface area contributed by atoms with Crippen LogP contribution >= 0.6 is 0 Å². The maximum Gasteiger partial charge on any atom is 0.227 e. The highest BCUT2D eigenvalue weighted by atomic mass is 19.1. The number of amides is 1. The van der Waals surface area contributed by atoms with Gasteiger partial charge in [0.15, 0.2) is 0 Å². The Balaban J connectivity index is 1.82. The van der Waals surface area contributed by atoms with Gasteiger partial charge in [-0.2, -0.15) is 0 Å². The van der Waals surface area contributed by atoms with Gasteiger partial charge in [-0.3, -0.25) is 9.78 Å². The Bertz CT molecular complexity index is 659. The van der Waals surface area contributed by atoms with Crippen molar-refractivity contribution >= 4 is 5.91 Å². The van der Waals surface area contributed by atoms with Gasteiger partial charge < -0.3 is 4.90 Å². The van der Waals surface area contributed by atoms with Crippen LogP contribution in [0, 0.1) is 5.82 Å². The molecule has 1 saturated heterocycles. The van der Waals surface area contributed by atoms with Gasteiger partial charge in [-0.15, -0.1) is 0 Å². The van der Waals surface area contributed by atoms with Crippen molar-refractivity contribution in [1.29, 1.82) is 0 Å². The summed E-state index contributed by atoms with van der Waals surface area (Å²) in [4.78, 5) is 18.8. The number of nitrogens with zero attached hydrogens (tertiary/aromatic N) is 2. The van der Waals surface area contributed by atoms with Gasteiger partial charge in [-0.25, -0.2) is 4.39 Å². The third-order valence-corrected chi connectivity index (χ3v) is 4.38. The predicted molar refractivity (Wildman–Crippen MR) is 87.3 cm³/mol. The maximum absolute atomic E-state index is 13.6. The fourth-order valence-corrected chi connectivity index (χ4v) is 3.25. The largest absolute Gasteiger partial charge is 0.335 e. The molecule has 23 heavy (non-hydrogen) atoms. The number of pyridine rings is 1. The van der Waals surface area contributed by atoms with Crippen molar-refractivity contribution in [2.45, 2.75) is 38.1 Å². The van der Waals surface area contributed by atoms with Gasteiger partial charge >= 0.3 is 0 Å². The number of hydrogen-bond donors (Lipinski definition) is 0. The molecule has 0 saturated carbocycles. The number of likely N-dealkylation sites (tertiary alicyclic amines) is 1. The Morgan fingerprint density at radius 1 is 1.22 bits per heavy atom. The van der Waals surface area contributed by atoms with Crippen LogP contribution in [0.4, 0.5) is 4.39 Å². The van der Waals surface area contributed by atoms with E-state index in [0.29, 0.717) is 6.42 Å². The van der Waals surface area contributed by atoms with Crippen LogP contribution in [-0.2, 0) is 11.2 Å². The first-order valence-electron chi connectivity index (χ1n) is 8.18. The Kier molecular flexibility index (Phi) is 5.01. The van der Waals surface area contributed by atoms with Crippen molar-refractivity contribution in [2.75, 3.05) is 6.54 Å². The van der Waals surface area contributed by atoms with Crippen molar-refractivity contribution < 1.29 is 9.18 Å². The SMILES string of the molecule is O=C(Cc1cccnc1)N1CCCCCC1c1cccc(F)c1. The van der Waals surface area contributed by atoms with Crippen LogP contribution in [0.15, 0.2) is 48.8 Å². The lowest BCUT2D eigenvalue weighted by atomic mass is 10.00. The van der Waals surface area contributed by atoms with E-state index in [1.165, 1.54) is 6.07 Å². The van der Waals surface area contributed by atoms with E-state index in [9.17, 15) is 9.18 Å². The van der Waals surface area contributed by atoms with Crippen molar-refractivity contribution in [3.63, 3.8) is 0 Å². The van der Waals surface area contributed by atoms with Crippen LogP contribution in [0.2, 0.25) is 0 Å². The second-order valence-corrected chi connectivity index (χ2v) is 6.05. The predicted octanol–water partition coefficient (Wildman–Crippen LogP) is 3.91. The third-order valence-electron chi connectivity index (χ3n) is 4.38. The van der Waals surface area contributed by atoms with E-state index in [4.69, 9.17) is 0 Å². The Morgan fingerprint density at radius 2 is 2.13 bits per heavy atom. The second-order valence-electron chi connectivity index (χ2n) is 6.05. The molecule has 1 aliphatic heterocycles. The molecule has 2 aromatic rings. The standard InChI is InChI=1S/C19H21FN2O/c20-17-8-4-7-16(13-17)18-9-2-1-3-11-22(18)19(23)12-15-6-5-10-21-14-15/h4-8,10,13-14,18H,1-3,9,11-12H2. The highest BCUT2D eigenvalue weighted by Crippen LogP contribution is 2.31. The molecular formula is C19H21FN2O. The highest BCUT2D eigenvalue weighted by molar-refractivity contribution is 5.79. The molecule has 1 atom stereocenters. The van der Waals surface area contributed by atoms with Gasteiger partial charge in [-0.05, 0) is 42.2 Å². The van der Waals surface area contributed by atoms with E-state index in [1.54, 1.807) is 24.5 Å². The normalized spacial score (nSPS) is 18.5. The summed E-state index contributed by atoms with van der Waals surface area (Å²) in [7, 11) is 0. The van der Waals surface area contributed by atoms with Crippen LogP contribution in [0.3, 0.4) is 0 Å². The number of carbonyl (C=O) groups is 1. The Morgan fingerprint density at radius 3 is 2.91 bits per heavy atom. The topological polar surface area (TPSA) is 33.2 Å². The van der Waals surface area contributed by atoms with E-state index in [2.05, 4.69) is 4.98 Å². The van der Waals surface area contributed by atoms with Crippen molar-refractivity contribution in [3.8, 4) is 0 Å². The summed E-state index contributed by atoms with van der Waals surface area (Å²) in [6.45, 7) is 0.736. The first-order chi connectivity index (χ1) is 11.2. The maximum atomic E-state index is 13.6. The molecular weight excluding hydrogens is 291 g/mol. The average Bonchev–Trinajstić information content (AvgIpc) is 2.82. The number of rotatable bonds is 3. The van der Waals surface area contributed by atoms with E-state index < -0.39 is 0 Å². The van der Waals surface area contributed by atoms with Crippen LogP contribution in [0.1, 0.15) is 42.9 Å². The van der Waals surface area contributed by atoms with Gasteiger partial charge in [0.2, 0.25) is 5.91 Å². The molecule has 2 heterocycles. The number of benzene rings is 1. The summed E-state index contributed by atoms with van der Waals surface area (Å²) in [5.41, 5.74) is 1.81. The van der Waals surface area contributed by atoms with E-state index in [0.717, 1.165) is 43.4 Å². The zero-order chi connectivity index (χ0) is 16.1. The summed E-state index contributed by atoms with van der Waals surface area (Å²) < 4.78 is 13.6. The molecule has 0 bridgehead atoms. The lowest BCUT2D eigenvalue weighted by Crippen LogP contribution is -2.36. The monoisotopic (exact) mass is 312 g/mol. The van der Waals surface area contributed by atoms with Gasteiger partial charge in [-0.1, -0.05) is 31.0 Å². The lowest BCUT2D eigenvalue weighted by molar-refractivity contribution is -0.132. The van der Waals surface area contributed by atoms with Crippen molar-refractivity contribution in [2.24, 2.45) is 0 Å². The van der Waals surface area contributed by atoms with Crippen molar-refractivity contribution in [3.05, 3.63) is 65.7 Å². The number of halogens is 1. The molecule has 0 spiro atoms. The first-order valence-corrected chi connectivity index (χ1v) is 8.18. The van der Waals surface area contributed by atoms with Crippen molar-refractivity contribution in [1.82, 2.24) is 9.88 Å². The molecule has 3 nitrogen and oxygen atoms in total. The van der Waals surface area contributed by atoms with Crippen LogP contribution in [0.25, 0.3) is 0 Å². The zero-order valence-corrected chi connectivity index (χ0v) is 13.1. The third kappa shape index (κ3) is 3.95. The summed E-state index contributed by atoms with van der Waals surface area (Å²) in [6.07, 6.45) is 7.86. The van der Waals surface area contributed by atoms with Gasteiger partial charge in [0.25, 0.3) is 0 Å². The minimum Gasteiger partial charge on any atom is -0.335 e. The van der Waals surface area contributed by atoms with Gasteiger partial charge in [0, 0.05) is 18.9 Å². The molecule has 120 valence electrons. The van der Waals surface area contributed by atoms with E-state index >= 15 is 0 Å². The minimum absolute atomic E-state index is 0.0302. The lowest BCUT2D eigenvalue weighted by Gasteiger charge is -2.30. The van der Waals surface area contributed by atoms with Crippen LogP contribution in [0.5, 0.6) is 0 Å². The molecule has 1 amide bonds. The molecule has 3 rings (SSSR count).